The SMILES string of the molecule is CCOC(=O)C1=C(CN2CCN(C(=O)OCC)CC2)NC(=O)N[C@@H]1c1ccccc1OC(F)F. The molecule has 186 valence electrons. The predicted molar refractivity (Wildman–Crippen MR) is 116 cm³/mol. The van der Waals surface area contributed by atoms with Gasteiger partial charge in [-0.25, -0.2) is 14.4 Å². The Morgan fingerprint density at radius 2 is 1.76 bits per heavy atom. The number of urea groups is 1. The van der Waals surface area contributed by atoms with Gasteiger partial charge in [-0.3, -0.25) is 4.90 Å². The fourth-order valence-corrected chi connectivity index (χ4v) is 3.88. The number of piperazine rings is 1. The third kappa shape index (κ3) is 6.13. The van der Waals surface area contributed by atoms with Crippen LogP contribution in [0.2, 0.25) is 0 Å². The molecule has 0 unspecified atom stereocenters. The van der Waals surface area contributed by atoms with E-state index in [2.05, 4.69) is 15.4 Å². The number of ether oxygens (including phenoxy) is 3. The Bertz CT molecular complexity index is 934. The van der Waals surface area contributed by atoms with Crippen LogP contribution in [-0.2, 0) is 14.3 Å². The number of rotatable bonds is 8. The van der Waals surface area contributed by atoms with Crippen LogP contribution in [0, 0.1) is 0 Å². The minimum atomic E-state index is -3.08. The first-order chi connectivity index (χ1) is 16.3. The fourth-order valence-electron chi connectivity index (χ4n) is 3.88. The summed E-state index contributed by atoms with van der Waals surface area (Å²) in [6.07, 6.45) is -0.389. The summed E-state index contributed by atoms with van der Waals surface area (Å²) in [6.45, 7) is 2.66. The van der Waals surface area contributed by atoms with E-state index < -0.39 is 24.7 Å². The second-order valence-electron chi connectivity index (χ2n) is 7.52. The van der Waals surface area contributed by atoms with Gasteiger partial charge in [0.1, 0.15) is 5.75 Å². The summed E-state index contributed by atoms with van der Waals surface area (Å²) in [5.74, 6) is -0.846. The topological polar surface area (TPSA) is 109 Å². The number of nitrogens with one attached hydrogen (secondary N) is 2. The van der Waals surface area contributed by atoms with Gasteiger partial charge in [-0.05, 0) is 19.9 Å². The first-order valence-corrected chi connectivity index (χ1v) is 11.0. The van der Waals surface area contributed by atoms with Gasteiger partial charge in [0, 0.05) is 44.0 Å². The Balaban J connectivity index is 1.89. The fraction of sp³-hybridized carbons (Fsp3) is 0.500. The highest BCUT2D eigenvalue weighted by atomic mass is 19.3. The summed E-state index contributed by atoms with van der Waals surface area (Å²) >= 11 is 0. The maximum absolute atomic E-state index is 13.0. The summed E-state index contributed by atoms with van der Waals surface area (Å²) in [4.78, 5) is 40.9. The smallest absolute Gasteiger partial charge is 0.409 e. The van der Waals surface area contributed by atoms with Crippen LogP contribution in [0.15, 0.2) is 35.5 Å². The van der Waals surface area contributed by atoms with Crippen molar-refractivity contribution in [3.8, 4) is 5.75 Å². The van der Waals surface area contributed by atoms with Gasteiger partial charge in [0.05, 0.1) is 24.8 Å². The largest absolute Gasteiger partial charge is 0.463 e. The molecule has 10 nitrogen and oxygen atoms in total. The van der Waals surface area contributed by atoms with Gasteiger partial charge in [0.25, 0.3) is 0 Å². The molecule has 2 aliphatic rings. The first kappa shape index (κ1) is 25.2. The molecule has 34 heavy (non-hydrogen) atoms. The molecule has 1 aromatic carbocycles. The molecule has 2 heterocycles. The Morgan fingerprint density at radius 3 is 2.41 bits per heavy atom. The molecule has 0 aromatic heterocycles. The second-order valence-corrected chi connectivity index (χ2v) is 7.52. The van der Waals surface area contributed by atoms with Gasteiger partial charge in [-0.2, -0.15) is 8.78 Å². The number of hydrogen-bond donors (Lipinski definition) is 2. The van der Waals surface area contributed by atoms with Gasteiger partial charge >= 0.3 is 24.7 Å². The first-order valence-electron chi connectivity index (χ1n) is 11.0. The average molecular weight is 482 g/mol. The van der Waals surface area contributed by atoms with Gasteiger partial charge < -0.3 is 29.7 Å². The molecule has 3 rings (SSSR count). The number of halogens is 2. The third-order valence-corrected chi connectivity index (χ3v) is 5.38. The second kappa shape index (κ2) is 11.6. The van der Waals surface area contributed by atoms with Crippen molar-refractivity contribution in [3.63, 3.8) is 0 Å². The van der Waals surface area contributed by atoms with Crippen molar-refractivity contribution in [2.45, 2.75) is 26.5 Å². The lowest BCUT2D eigenvalue weighted by Gasteiger charge is -2.36. The molecule has 1 atom stereocenters. The summed E-state index contributed by atoms with van der Waals surface area (Å²) in [5.41, 5.74) is 0.591. The Hall–Kier alpha value is -3.41. The lowest BCUT2D eigenvalue weighted by molar-refractivity contribution is -0.139. The Morgan fingerprint density at radius 1 is 1.09 bits per heavy atom. The van der Waals surface area contributed by atoms with Crippen LogP contribution in [0.3, 0.4) is 0 Å². The molecule has 2 aliphatic heterocycles. The molecule has 2 N–H and O–H groups in total. The van der Waals surface area contributed by atoms with Crippen LogP contribution in [0.4, 0.5) is 18.4 Å². The number of para-hydroxylation sites is 1. The normalized spacial score (nSPS) is 18.9. The molecule has 1 aromatic rings. The number of alkyl halides is 2. The Labute approximate surface area is 195 Å². The molecule has 0 spiro atoms. The van der Waals surface area contributed by atoms with Crippen molar-refractivity contribution in [1.82, 2.24) is 20.4 Å². The minimum absolute atomic E-state index is 0.0870. The standard InChI is InChI=1S/C22H28F2N4O6/c1-3-32-19(29)17-15(13-27-9-11-28(12-10-27)22(31)33-4-2)25-21(30)26-18(17)14-7-5-6-8-16(14)34-20(23)24/h5-8,18,20H,3-4,9-13H2,1-2H3,(H2,25,26,30)/t18-/m1/s1. The molecule has 0 bridgehead atoms. The summed E-state index contributed by atoms with van der Waals surface area (Å²) < 4.78 is 40.8. The van der Waals surface area contributed by atoms with Crippen LogP contribution in [0.1, 0.15) is 25.5 Å². The van der Waals surface area contributed by atoms with Crippen LogP contribution < -0.4 is 15.4 Å². The maximum Gasteiger partial charge on any atom is 0.409 e. The number of benzene rings is 1. The quantitative estimate of drug-likeness (QED) is 0.547. The molecule has 12 heteroatoms. The van der Waals surface area contributed by atoms with E-state index in [9.17, 15) is 23.2 Å². The lowest BCUT2D eigenvalue weighted by Crippen LogP contribution is -2.52. The van der Waals surface area contributed by atoms with Gasteiger partial charge in [-0.15, -0.1) is 0 Å². The lowest BCUT2D eigenvalue weighted by atomic mass is 9.94. The van der Waals surface area contributed by atoms with E-state index in [0.29, 0.717) is 31.9 Å². The molecule has 1 fully saturated rings. The van der Waals surface area contributed by atoms with E-state index in [1.165, 1.54) is 18.2 Å². The number of amides is 3. The number of esters is 1. The monoisotopic (exact) mass is 482 g/mol. The highest BCUT2D eigenvalue weighted by Gasteiger charge is 2.36. The zero-order valence-electron chi connectivity index (χ0n) is 19.0. The van der Waals surface area contributed by atoms with E-state index >= 15 is 0 Å². The van der Waals surface area contributed by atoms with Gasteiger partial charge in [-0.1, -0.05) is 18.2 Å². The van der Waals surface area contributed by atoms with Crippen molar-refractivity contribution >= 4 is 18.1 Å². The van der Waals surface area contributed by atoms with Crippen LogP contribution in [0.25, 0.3) is 0 Å². The van der Waals surface area contributed by atoms with Crippen molar-refractivity contribution in [1.29, 1.82) is 0 Å². The summed E-state index contributed by atoms with van der Waals surface area (Å²) in [6, 6.07) is 4.31. The predicted octanol–water partition coefficient (Wildman–Crippen LogP) is 2.23. The van der Waals surface area contributed by atoms with E-state index in [1.807, 2.05) is 4.90 Å². The van der Waals surface area contributed by atoms with Gasteiger partial charge in [0.2, 0.25) is 0 Å². The zero-order valence-corrected chi connectivity index (χ0v) is 19.0. The summed E-state index contributed by atoms with van der Waals surface area (Å²) in [5, 5.41) is 5.28. The van der Waals surface area contributed by atoms with Gasteiger partial charge in [0.15, 0.2) is 0 Å². The molecule has 0 radical (unpaired) electrons. The Kier molecular flexibility index (Phi) is 8.63. The van der Waals surface area contributed by atoms with E-state index in [4.69, 9.17) is 9.47 Å². The maximum atomic E-state index is 13.0. The zero-order chi connectivity index (χ0) is 24.7. The van der Waals surface area contributed by atoms with Crippen molar-refractivity contribution < 1.29 is 37.4 Å². The molecule has 1 saturated heterocycles. The van der Waals surface area contributed by atoms with E-state index in [1.54, 1.807) is 24.8 Å². The third-order valence-electron chi connectivity index (χ3n) is 5.38. The number of hydrogen-bond acceptors (Lipinski definition) is 7. The van der Waals surface area contributed by atoms with Crippen molar-refractivity contribution in [2.75, 3.05) is 45.9 Å². The summed E-state index contributed by atoms with van der Waals surface area (Å²) in [7, 11) is 0. The van der Waals surface area contributed by atoms with Crippen molar-refractivity contribution in [3.05, 3.63) is 41.1 Å². The molecular weight excluding hydrogens is 454 g/mol. The minimum Gasteiger partial charge on any atom is -0.463 e. The molecule has 0 saturated carbocycles. The highest BCUT2D eigenvalue weighted by molar-refractivity contribution is 5.95. The highest BCUT2D eigenvalue weighted by Crippen LogP contribution is 2.34. The number of carbonyl (C=O) groups excluding carboxylic acids is 3. The molecule has 3 amide bonds. The van der Waals surface area contributed by atoms with Crippen molar-refractivity contribution in [2.24, 2.45) is 0 Å². The van der Waals surface area contributed by atoms with Crippen LogP contribution in [-0.4, -0.2) is 80.4 Å². The molecular formula is C22H28F2N4O6. The van der Waals surface area contributed by atoms with Crippen LogP contribution in [0.5, 0.6) is 5.75 Å². The van der Waals surface area contributed by atoms with Crippen LogP contribution >= 0.6 is 0 Å². The van der Waals surface area contributed by atoms with E-state index in [-0.39, 0.29) is 42.7 Å². The number of nitrogens with zero attached hydrogens (tertiary/aromatic N) is 2. The average Bonchev–Trinajstić information content (AvgIpc) is 2.79. The molecule has 0 aliphatic carbocycles. The van der Waals surface area contributed by atoms with E-state index in [0.717, 1.165) is 0 Å². The number of carbonyl (C=O) groups is 3.